The van der Waals surface area contributed by atoms with Crippen LogP contribution in [0.4, 0.5) is 0 Å². The molecule has 4 nitrogen and oxygen atoms in total. The number of thiophene rings is 1. The van der Waals surface area contributed by atoms with Gasteiger partial charge >= 0.3 is 0 Å². The molecule has 1 atom stereocenters. The van der Waals surface area contributed by atoms with Crippen molar-refractivity contribution in [2.45, 2.75) is 25.9 Å². The minimum atomic E-state index is -0.386. The molecule has 0 radical (unpaired) electrons. The summed E-state index contributed by atoms with van der Waals surface area (Å²) in [5, 5.41) is 7.96. The van der Waals surface area contributed by atoms with Gasteiger partial charge in [-0.2, -0.15) is 0 Å². The third kappa shape index (κ3) is 5.28. The monoisotopic (exact) mass is 378 g/mol. The zero-order valence-electron chi connectivity index (χ0n) is 15.1. The molecule has 2 amide bonds. The first-order valence-electron chi connectivity index (χ1n) is 8.84. The molecule has 2 N–H and O–H groups in total. The molecule has 3 aromatic rings. The maximum Gasteiger partial charge on any atom is 0.251 e. The number of aryl methyl sites for hydroxylation is 1. The van der Waals surface area contributed by atoms with E-state index in [1.54, 1.807) is 23.5 Å². The van der Waals surface area contributed by atoms with E-state index in [9.17, 15) is 9.59 Å². The van der Waals surface area contributed by atoms with Crippen LogP contribution >= 0.6 is 11.3 Å². The third-order valence-electron chi connectivity index (χ3n) is 4.35. The topological polar surface area (TPSA) is 58.2 Å². The van der Waals surface area contributed by atoms with E-state index < -0.39 is 0 Å². The van der Waals surface area contributed by atoms with E-state index in [0.29, 0.717) is 12.1 Å². The van der Waals surface area contributed by atoms with E-state index >= 15 is 0 Å². The third-order valence-corrected chi connectivity index (χ3v) is 5.37. The van der Waals surface area contributed by atoms with Gasteiger partial charge in [-0.25, -0.2) is 0 Å². The highest BCUT2D eigenvalue weighted by Crippen LogP contribution is 2.19. The lowest BCUT2D eigenvalue weighted by Crippen LogP contribution is -2.33. The van der Waals surface area contributed by atoms with Gasteiger partial charge in [-0.15, -0.1) is 11.3 Å². The summed E-state index contributed by atoms with van der Waals surface area (Å²) >= 11 is 1.63. The Morgan fingerprint density at radius 1 is 0.963 bits per heavy atom. The average Bonchev–Trinajstić information content (AvgIpc) is 3.12. The number of amides is 2. The van der Waals surface area contributed by atoms with Crippen molar-refractivity contribution < 1.29 is 9.59 Å². The van der Waals surface area contributed by atoms with Gasteiger partial charge in [0.15, 0.2) is 0 Å². The van der Waals surface area contributed by atoms with Crippen molar-refractivity contribution in [1.29, 1.82) is 0 Å². The molecular formula is C22H22N2O2S. The van der Waals surface area contributed by atoms with Crippen LogP contribution < -0.4 is 10.6 Å². The summed E-state index contributed by atoms with van der Waals surface area (Å²) in [5.41, 5.74) is 2.66. The molecule has 0 saturated carbocycles. The van der Waals surface area contributed by atoms with Gasteiger partial charge in [-0.3, -0.25) is 9.59 Å². The van der Waals surface area contributed by atoms with Crippen LogP contribution in [0.15, 0.2) is 72.1 Å². The number of rotatable bonds is 7. The van der Waals surface area contributed by atoms with Crippen molar-refractivity contribution >= 4 is 23.2 Å². The van der Waals surface area contributed by atoms with E-state index in [1.165, 1.54) is 5.56 Å². The second-order valence-electron chi connectivity index (χ2n) is 6.31. The number of carbonyl (C=O) groups is 2. The summed E-state index contributed by atoms with van der Waals surface area (Å²) < 4.78 is 0. The van der Waals surface area contributed by atoms with E-state index in [-0.39, 0.29) is 24.3 Å². The summed E-state index contributed by atoms with van der Waals surface area (Å²) in [6, 6.07) is 20.3. The lowest BCUT2D eigenvalue weighted by molar-refractivity contribution is -0.121. The van der Waals surface area contributed by atoms with Gasteiger partial charge in [0, 0.05) is 10.4 Å². The molecular weight excluding hydrogens is 356 g/mol. The number of benzene rings is 2. The fourth-order valence-corrected chi connectivity index (χ4v) is 3.64. The molecule has 3 rings (SSSR count). The smallest absolute Gasteiger partial charge is 0.251 e. The fourth-order valence-electron chi connectivity index (χ4n) is 2.79. The van der Waals surface area contributed by atoms with Gasteiger partial charge in [0.1, 0.15) is 0 Å². The second-order valence-corrected chi connectivity index (χ2v) is 7.31. The van der Waals surface area contributed by atoms with Gasteiger partial charge in [-0.1, -0.05) is 48.5 Å². The number of hydrogen-bond donors (Lipinski definition) is 2. The van der Waals surface area contributed by atoms with Crippen molar-refractivity contribution in [2.24, 2.45) is 0 Å². The van der Waals surface area contributed by atoms with Gasteiger partial charge in [0.25, 0.3) is 5.91 Å². The summed E-state index contributed by atoms with van der Waals surface area (Å²) in [7, 11) is 0. The molecule has 0 fully saturated rings. The molecule has 2 aromatic carbocycles. The predicted octanol–water partition coefficient (Wildman–Crippen LogP) is 4.23. The largest absolute Gasteiger partial charge is 0.351 e. The van der Waals surface area contributed by atoms with Crippen molar-refractivity contribution in [3.05, 3.63) is 93.7 Å². The maximum atomic E-state index is 12.6. The molecule has 0 saturated heterocycles. The Balaban J connectivity index is 1.67. The Morgan fingerprint density at radius 2 is 1.63 bits per heavy atom. The molecule has 0 aliphatic rings. The Labute approximate surface area is 163 Å². The van der Waals surface area contributed by atoms with Crippen LogP contribution in [0.3, 0.4) is 0 Å². The van der Waals surface area contributed by atoms with Crippen molar-refractivity contribution in [2.75, 3.05) is 0 Å². The van der Waals surface area contributed by atoms with Gasteiger partial charge in [0.05, 0.1) is 19.0 Å². The molecule has 1 unspecified atom stereocenters. The Bertz CT molecular complexity index is 891. The van der Waals surface area contributed by atoms with Crippen LogP contribution in [-0.4, -0.2) is 11.8 Å². The first-order chi connectivity index (χ1) is 13.1. The minimum absolute atomic E-state index is 0.0926. The highest BCUT2D eigenvalue weighted by Gasteiger charge is 2.19. The van der Waals surface area contributed by atoms with E-state index in [0.717, 1.165) is 10.4 Å². The highest BCUT2D eigenvalue weighted by atomic mass is 32.1. The zero-order valence-corrected chi connectivity index (χ0v) is 16.0. The molecule has 0 bridgehead atoms. The summed E-state index contributed by atoms with van der Waals surface area (Å²) in [6.07, 6.45) is 0.188. The van der Waals surface area contributed by atoms with Crippen LogP contribution in [0, 0.1) is 6.92 Å². The van der Waals surface area contributed by atoms with Gasteiger partial charge < -0.3 is 10.6 Å². The molecule has 138 valence electrons. The SMILES string of the molecule is Cc1ccsc1CNC(=O)CC(NC(=O)c1ccccc1)c1ccccc1. The van der Waals surface area contributed by atoms with Crippen LogP contribution in [0.2, 0.25) is 0 Å². The molecule has 0 aliphatic heterocycles. The predicted molar refractivity (Wildman–Crippen MR) is 109 cm³/mol. The lowest BCUT2D eigenvalue weighted by atomic mass is 10.0. The Morgan fingerprint density at radius 3 is 2.26 bits per heavy atom. The van der Waals surface area contributed by atoms with E-state index in [4.69, 9.17) is 0 Å². The van der Waals surface area contributed by atoms with Gasteiger partial charge in [-0.05, 0) is 41.6 Å². The van der Waals surface area contributed by atoms with Crippen molar-refractivity contribution in [3.8, 4) is 0 Å². The van der Waals surface area contributed by atoms with Crippen molar-refractivity contribution in [1.82, 2.24) is 10.6 Å². The molecule has 27 heavy (non-hydrogen) atoms. The van der Waals surface area contributed by atoms with Crippen molar-refractivity contribution in [3.63, 3.8) is 0 Å². The fraction of sp³-hybridized carbons (Fsp3) is 0.182. The minimum Gasteiger partial charge on any atom is -0.351 e. The summed E-state index contributed by atoms with van der Waals surface area (Å²) in [4.78, 5) is 26.2. The molecule has 1 aromatic heterocycles. The summed E-state index contributed by atoms with van der Waals surface area (Å²) in [5.74, 6) is -0.281. The van der Waals surface area contributed by atoms with Gasteiger partial charge in [0.2, 0.25) is 5.91 Å². The van der Waals surface area contributed by atoms with Crippen LogP contribution in [0.25, 0.3) is 0 Å². The molecule has 1 heterocycles. The Kier molecular flexibility index (Phi) is 6.39. The summed E-state index contributed by atoms with van der Waals surface area (Å²) in [6.45, 7) is 2.54. The number of hydrogen-bond acceptors (Lipinski definition) is 3. The second kappa shape index (κ2) is 9.14. The lowest BCUT2D eigenvalue weighted by Gasteiger charge is -2.19. The standard InChI is InChI=1S/C22H22N2O2S/c1-16-12-13-27-20(16)15-23-21(25)14-19(17-8-4-2-5-9-17)24-22(26)18-10-6-3-7-11-18/h2-13,19H,14-15H2,1H3,(H,23,25)(H,24,26). The zero-order chi connectivity index (χ0) is 19.1. The molecule has 0 spiro atoms. The quantitative estimate of drug-likeness (QED) is 0.646. The first kappa shape index (κ1) is 18.9. The maximum absolute atomic E-state index is 12.6. The normalized spacial score (nSPS) is 11.6. The molecule has 5 heteroatoms. The average molecular weight is 378 g/mol. The number of carbonyl (C=O) groups excluding carboxylic acids is 2. The number of nitrogens with one attached hydrogen (secondary N) is 2. The van der Waals surface area contributed by atoms with E-state index in [2.05, 4.69) is 10.6 Å². The molecule has 0 aliphatic carbocycles. The van der Waals surface area contributed by atoms with Crippen LogP contribution in [0.1, 0.15) is 38.8 Å². The van der Waals surface area contributed by atoms with Crippen LogP contribution in [-0.2, 0) is 11.3 Å². The Hall–Kier alpha value is -2.92. The highest BCUT2D eigenvalue weighted by molar-refractivity contribution is 7.10. The first-order valence-corrected chi connectivity index (χ1v) is 9.72. The van der Waals surface area contributed by atoms with Crippen LogP contribution in [0.5, 0.6) is 0 Å². The van der Waals surface area contributed by atoms with E-state index in [1.807, 2.05) is 66.9 Å².